The number of carbonyl (C=O) groups is 1. The molecule has 2 aliphatic heterocycles. The molecule has 0 spiro atoms. The molecule has 0 saturated carbocycles. The Morgan fingerprint density at radius 3 is 2.70 bits per heavy atom. The molecule has 6 heteroatoms. The molecule has 0 radical (unpaired) electrons. The molecule has 1 atom stereocenters. The molecule has 2 saturated heterocycles. The summed E-state index contributed by atoms with van der Waals surface area (Å²) in [7, 11) is 0. The topological polar surface area (TPSA) is 68.8 Å². The third kappa shape index (κ3) is 4.92. The van der Waals surface area contributed by atoms with E-state index >= 15 is 0 Å². The quantitative estimate of drug-likeness (QED) is 0.859. The van der Waals surface area contributed by atoms with Crippen LogP contribution in [0.1, 0.15) is 12.8 Å². The van der Waals surface area contributed by atoms with Gasteiger partial charge in [-0.25, -0.2) is 0 Å². The molecule has 6 nitrogen and oxygen atoms in total. The van der Waals surface area contributed by atoms with Gasteiger partial charge in [0.25, 0.3) is 5.91 Å². The lowest BCUT2D eigenvalue weighted by atomic mass is 10.0. The molecule has 3 rings (SSSR count). The van der Waals surface area contributed by atoms with Crippen LogP contribution < -0.4 is 15.4 Å². The first-order valence-corrected chi connectivity index (χ1v) is 8.25. The smallest absolute Gasteiger partial charge is 0.254 e. The first kappa shape index (κ1) is 16.2. The SMILES string of the molecule is O=C(Nc1ccc(OCC2CCOCC2)cc1)C1CNCCO1. The van der Waals surface area contributed by atoms with E-state index in [-0.39, 0.29) is 5.91 Å². The Bertz CT molecular complexity index is 494. The van der Waals surface area contributed by atoms with Gasteiger partial charge < -0.3 is 24.8 Å². The van der Waals surface area contributed by atoms with Crippen molar-refractivity contribution in [1.29, 1.82) is 0 Å². The molecule has 1 aromatic rings. The highest BCUT2D eigenvalue weighted by Gasteiger charge is 2.21. The van der Waals surface area contributed by atoms with Gasteiger partial charge in [0.05, 0.1) is 13.2 Å². The molecule has 126 valence electrons. The van der Waals surface area contributed by atoms with Crippen LogP contribution in [-0.2, 0) is 14.3 Å². The van der Waals surface area contributed by atoms with Crippen molar-refractivity contribution in [2.75, 3.05) is 44.8 Å². The van der Waals surface area contributed by atoms with E-state index in [1.165, 1.54) is 0 Å². The number of hydrogen-bond donors (Lipinski definition) is 2. The third-order valence-corrected chi connectivity index (χ3v) is 4.17. The molecule has 0 bridgehead atoms. The minimum atomic E-state index is -0.423. The zero-order valence-corrected chi connectivity index (χ0v) is 13.3. The Hall–Kier alpha value is -1.63. The number of nitrogens with one attached hydrogen (secondary N) is 2. The number of rotatable bonds is 5. The van der Waals surface area contributed by atoms with Crippen molar-refractivity contribution in [1.82, 2.24) is 5.32 Å². The van der Waals surface area contributed by atoms with Crippen molar-refractivity contribution < 1.29 is 19.0 Å². The molecule has 1 aromatic carbocycles. The number of benzene rings is 1. The largest absolute Gasteiger partial charge is 0.493 e. The molecule has 0 aromatic heterocycles. The van der Waals surface area contributed by atoms with Crippen LogP contribution in [-0.4, -0.2) is 51.5 Å². The van der Waals surface area contributed by atoms with Gasteiger partial charge in [0.1, 0.15) is 11.9 Å². The zero-order valence-electron chi connectivity index (χ0n) is 13.3. The van der Waals surface area contributed by atoms with Gasteiger partial charge in [-0.05, 0) is 43.0 Å². The predicted molar refractivity (Wildman–Crippen MR) is 86.7 cm³/mol. The van der Waals surface area contributed by atoms with Crippen LogP contribution in [0.25, 0.3) is 0 Å². The van der Waals surface area contributed by atoms with E-state index in [1.807, 2.05) is 24.3 Å². The zero-order chi connectivity index (χ0) is 15.9. The molecule has 0 aliphatic carbocycles. The van der Waals surface area contributed by atoms with E-state index in [0.717, 1.165) is 50.6 Å². The second-order valence-corrected chi connectivity index (χ2v) is 5.94. The predicted octanol–water partition coefficient (Wildman–Crippen LogP) is 1.42. The number of ether oxygens (including phenoxy) is 3. The van der Waals surface area contributed by atoms with Crippen LogP contribution in [0.5, 0.6) is 5.75 Å². The number of amides is 1. The highest BCUT2D eigenvalue weighted by Crippen LogP contribution is 2.20. The average Bonchev–Trinajstić information content (AvgIpc) is 2.63. The Balaban J connectivity index is 1.45. The van der Waals surface area contributed by atoms with Gasteiger partial charge in [-0.2, -0.15) is 0 Å². The monoisotopic (exact) mass is 320 g/mol. The maximum Gasteiger partial charge on any atom is 0.254 e. The minimum absolute atomic E-state index is 0.118. The van der Waals surface area contributed by atoms with Crippen LogP contribution in [0.2, 0.25) is 0 Å². The molecule has 1 unspecified atom stereocenters. The van der Waals surface area contributed by atoms with E-state index in [0.29, 0.717) is 19.1 Å². The molecule has 23 heavy (non-hydrogen) atoms. The Kier molecular flexibility index (Phi) is 5.85. The highest BCUT2D eigenvalue weighted by atomic mass is 16.5. The average molecular weight is 320 g/mol. The second kappa shape index (κ2) is 8.29. The van der Waals surface area contributed by atoms with E-state index < -0.39 is 6.10 Å². The molecule has 2 N–H and O–H groups in total. The lowest BCUT2D eigenvalue weighted by molar-refractivity contribution is -0.128. The van der Waals surface area contributed by atoms with Crippen LogP contribution >= 0.6 is 0 Å². The second-order valence-electron chi connectivity index (χ2n) is 5.94. The van der Waals surface area contributed by atoms with Gasteiger partial charge in [-0.1, -0.05) is 0 Å². The van der Waals surface area contributed by atoms with Crippen molar-refractivity contribution in [3.8, 4) is 5.75 Å². The Morgan fingerprint density at radius 1 is 1.22 bits per heavy atom. The van der Waals surface area contributed by atoms with Gasteiger partial charge >= 0.3 is 0 Å². The summed E-state index contributed by atoms with van der Waals surface area (Å²) in [6.45, 7) is 4.29. The summed E-state index contributed by atoms with van der Waals surface area (Å²) in [5.74, 6) is 1.28. The van der Waals surface area contributed by atoms with E-state index in [2.05, 4.69) is 10.6 Å². The third-order valence-electron chi connectivity index (χ3n) is 4.17. The summed E-state index contributed by atoms with van der Waals surface area (Å²) in [6.07, 6.45) is 1.70. The summed E-state index contributed by atoms with van der Waals surface area (Å²) in [5, 5.41) is 6.01. The van der Waals surface area contributed by atoms with Crippen LogP contribution in [0.3, 0.4) is 0 Å². The number of carbonyl (C=O) groups excluding carboxylic acids is 1. The van der Waals surface area contributed by atoms with Crippen LogP contribution in [0, 0.1) is 5.92 Å². The number of hydrogen-bond acceptors (Lipinski definition) is 5. The van der Waals surface area contributed by atoms with Crippen molar-refractivity contribution in [3.63, 3.8) is 0 Å². The van der Waals surface area contributed by atoms with E-state index in [4.69, 9.17) is 14.2 Å². The number of morpholine rings is 1. The Morgan fingerprint density at radius 2 is 2.00 bits per heavy atom. The summed E-state index contributed by atoms with van der Waals surface area (Å²) < 4.78 is 16.6. The maximum absolute atomic E-state index is 12.1. The van der Waals surface area contributed by atoms with Gasteiger partial charge in [0.2, 0.25) is 0 Å². The standard InChI is InChI=1S/C17H24N2O4/c20-17(16-11-18-7-10-22-16)19-14-1-3-15(4-2-14)23-12-13-5-8-21-9-6-13/h1-4,13,16,18H,5-12H2,(H,19,20). The van der Waals surface area contributed by atoms with Crippen LogP contribution in [0.4, 0.5) is 5.69 Å². The van der Waals surface area contributed by atoms with E-state index in [1.54, 1.807) is 0 Å². The fourth-order valence-electron chi connectivity index (χ4n) is 2.72. The van der Waals surface area contributed by atoms with Crippen molar-refractivity contribution in [2.45, 2.75) is 18.9 Å². The first-order valence-electron chi connectivity index (χ1n) is 8.25. The lowest BCUT2D eigenvalue weighted by Gasteiger charge is -2.23. The van der Waals surface area contributed by atoms with Crippen molar-refractivity contribution >= 4 is 11.6 Å². The first-order chi connectivity index (χ1) is 11.3. The lowest BCUT2D eigenvalue weighted by Crippen LogP contribution is -2.45. The minimum Gasteiger partial charge on any atom is -0.493 e. The Labute approximate surface area is 136 Å². The molecule has 2 heterocycles. The summed E-state index contributed by atoms with van der Waals surface area (Å²) in [6, 6.07) is 7.48. The maximum atomic E-state index is 12.1. The fourth-order valence-corrected chi connectivity index (χ4v) is 2.72. The van der Waals surface area contributed by atoms with Gasteiger partial charge in [-0.15, -0.1) is 0 Å². The number of anilines is 1. The van der Waals surface area contributed by atoms with Crippen molar-refractivity contribution in [3.05, 3.63) is 24.3 Å². The summed E-state index contributed by atoms with van der Waals surface area (Å²) in [4.78, 5) is 12.1. The summed E-state index contributed by atoms with van der Waals surface area (Å²) >= 11 is 0. The molecule has 2 fully saturated rings. The van der Waals surface area contributed by atoms with E-state index in [9.17, 15) is 4.79 Å². The molecular weight excluding hydrogens is 296 g/mol. The van der Waals surface area contributed by atoms with Gasteiger partial charge in [-0.3, -0.25) is 4.79 Å². The van der Waals surface area contributed by atoms with Gasteiger partial charge in [0, 0.05) is 32.0 Å². The molecular formula is C17H24N2O4. The highest BCUT2D eigenvalue weighted by molar-refractivity contribution is 5.94. The summed E-state index contributed by atoms with van der Waals surface area (Å²) in [5.41, 5.74) is 0.752. The van der Waals surface area contributed by atoms with Gasteiger partial charge in [0.15, 0.2) is 0 Å². The van der Waals surface area contributed by atoms with Crippen molar-refractivity contribution in [2.24, 2.45) is 5.92 Å². The fraction of sp³-hybridized carbons (Fsp3) is 0.588. The normalized spacial score (nSPS) is 22.5. The molecule has 1 amide bonds. The van der Waals surface area contributed by atoms with Crippen LogP contribution in [0.15, 0.2) is 24.3 Å². The molecule has 2 aliphatic rings.